The van der Waals surface area contributed by atoms with Crippen LogP contribution < -0.4 is 9.47 Å². The molecule has 0 saturated heterocycles. The van der Waals surface area contributed by atoms with Gasteiger partial charge in [0.15, 0.2) is 0 Å². The van der Waals surface area contributed by atoms with Gasteiger partial charge in [0.25, 0.3) is 0 Å². The second-order valence-electron chi connectivity index (χ2n) is 16.0. The molecule has 4 rings (SSSR count). The molecule has 5 nitrogen and oxygen atoms in total. The van der Waals surface area contributed by atoms with Gasteiger partial charge in [-0.1, -0.05) is 97.4 Å². The second-order valence-corrected chi connectivity index (χ2v) is 16.0. The van der Waals surface area contributed by atoms with Crippen molar-refractivity contribution in [2.24, 2.45) is 5.92 Å². The minimum Gasteiger partial charge on any atom is -0.507 e. The van der Waals surface area contributed by atoms with E-state index in [-0.39, 0.29) is 16.4 Å². The average molecular weight is 643 g/mol. The van der Waals surface area contributed by atoms with Gasteiger partial charge in [-0.2, -0.15) is 0 Å². The summed E-state index contributed by atoms with van der Waals surface area (Å²) in [6.07, 6.45) is 3.66. The summed E-state index contributed by atoms with van der Waals surface area (Å²) in [6, 6.07) is 8.13. The predicted octanol–water partition coefficient (Wildman–Crippen LogP) is 10.3. The number of phenolic OH excluding ortho intramolecular Hbond substituents is 2. The van der Waals surface area contributed by atoms with E-state index in [9.17, 15) is 15.0 Å². The van der Waals surface area contributed by atoms with Gasteiger partial charge in [0.2, 0.25) is 0 Å². The minimum atomic E-state index is -0.482. The molecule has 3 aromatic rings. The summed E-state index contributed by atoms with van der Waals surface area (Å²) in [7, 11) is 0. The topological polar surface area (TPSA) is 76.0 Å². The van der Waals surface area contributed by atoms with Gasteiger partial charge >= 0.3 is 5.97 Å². The zero-order valence-electron chi connectivity index (χ0n) is 31.4. The van der Waals surface area contributed by atoms with Crippen molar-refractivity contribution in [3.63, 3.8) is 0 Å². The average Bonchev–Trinajstić information content (AvgIpc) is 2.96. The first-order valence-corrected chi connectivity index (χ1v) is 16.8. The molecule has 0 saturated carbocycles. The SMILES string of the molecule is C=CC(=O)Oc1c(Cc2cc(C)cc(C(C)(C)C)c2O)cc(C)cc1C(C)(C)C.Cc1c(C)c2c(c(C)c1O)CCC(C)(C(C)C)O2. The molecule has 5 heteroatoms. The highest BCUT2D eigenvalue weighted by Crippen LogP contribution is 2.45. The molecule has 0 fully saturated rings. The normalized spacial score (nSPS) is 16.1. The second kappa shape index (κ2) is 13.8. The van der Waals surface area contributed by atoms with Crippen LogP contribution in [0, 0.1) is 40.5 Å². The molecule has 0 amide bonds. The van der Waals surface area contributed by atoms with Gasteiger partial charge in [-0.05, 0) is 105 Å². The lowest BCUT2D eigenvalue weighted by Crippen LogP contribution is -2.41. The molecule has 0 radical (unpaired) electrons. The maximum absolute atomic E-state index is 12.1. The number of carbonyl (C=O) groups is 1. The Hall–Kier alpha value is -3.73. The van der Waals surface area contributed by atoms with E-state index in [1.165, 1.54) is 11.6 Å². The van der Waals surface area contributed by atoms with Crippen LogP contribution in [0.4, 0.5) is 0 Å². The number of benzene rings is 3. The lowest BCUT2D eigenvalue weighted by atomic mass is 9.81. The highest BCUT2D eigenvalue weighted by molar-refractivity contribution is 5.84. The highest BCUT2D eigenvalue weighted by atomic mass is 16.5. The molecule has 1 unspecified atom stereocenters. The molecule has 47 heavy (non-hydrogen) atoms. The third-order valence-electron chi connectivity index (χ3n) is 9.78. The van der Waals surface area contributed by atoms with Crippen LogP contribution in [0.2, 0.25) is 0 Å². The molecule has 256 valence electrons. The Balaban J connectivity index is 0.000000284. The van der Waals surface area contributed by atoms with E-state index >= 15 is 0 Å². The Morgan fingerprint density at radius 2 is 1.40 bits per heavy atom. The fourth-order valence-corrected chi connectivity index (χ4v) is 6.24. The Bertz CT molecular complexity index is 1660. The van der Waals surface area contributed by atoms with Gasteiger partial charge in [0.05, 0.1) is 0 Å². The fraction of sp³-hybridized carbons (Fsp3) is 0.500. The quantitative estimate of drug-likeness (QED) is 0.165. The lowest BCUT2D eigenvalue weighted by molar-refractivity contribution is -0.129. The van der Waals surface area contributed by atoms with E-state index in [0.29, 0.717) is 29.6 Å². The van der Waals surface area contributed by atoms with E-state index in [0.717, 1.165) is 68.7 Å². The largest absolute Gasteiger partial charge is 0.507 e. The summed E-state index contributed by atoms with van der Waals surface area (Å²) < 4.78 is 12.0. The Kier molecular flexibility index (Phi) is 11.1. The van der Waals surface area contributed by atoms with Crippen LogP contribution in [0.3, 0.4) is 0 Å². The maximum Gasteiger partial charge on any atom is 0.335 e. The summed E-state index contributed by atoms with van der Waals surface area (Å²) in [5.41, 5.74) is 9.51. The van der Waals surface area contributed by atoms with Crippen molar-refractivity contribution in [2.45, 2.75) is 133 Å². The Morgan fingerprint density at radius 1 is 0.872 bits per heavy atom. The summed E-state index contributed by atoms with van der Waals surface area (Å²) in [6.45, 7) is 32.8. The van der Waals surface area contributed by atoms with Crippen LogP contribution in [0.15, 0.2) is 36.9 Å². The summed E-state index contributed by atoms with van der Waals surface area (Å²) in [5, 5.41) is 21.1. The molecular weight excluding hydrogens is 584 g/mol. The van der Waals surface area contributed by atoms with Gasteiger partial charge < -0.3 is 19.7 Å². The van der Waals surface area contributed by atoms with E-state index in [1.54, 1.807) is 0 Å². The molecule has 1 aliphatic rings. The third kappa shape index (κ3) is 8.23. The Morgan fingerprint density at radius 3 is 1.91 bits per heavy atom. The zero-order chi connectivity index (χ0) is 35.8. The summed E-state index contributed by atoms with van der Waals surface area (Å²) >= 11 is 0. The number of phenols is 2. The van der Waals surface area contributed by atoms with Gasteiger partial charge in [-0.25, -0.2) is 4.79 Å². The third-order valence-corrected chi connectivity index (χ3v) is 9.78. The van der Waals surface area contributed by atoms with Crippen LogP contribution in [0.1, 0.15) is 124 Å². The van der Waals surface area contributed by atoms with Gasteiger partial charge in [-0.3, -0.25) is 0 Å². The summed E-state index contributed by atoms with van der Waals surface area (Å²) in [4.78, 5) is 12.1. The molecule has 0 bridgehead atoms. The molecule has 0 aliphatic carbocycles. The van der Waals surface area contributed by atoms with Crippen molar-refractivity contribution in [3.8, 4) is 23.0 Å². The van der Waals surface area contributed by atoms with Crippen LogP contribution in [0.5, 0.6) is 23.0 Å². The van der Waals surface area contributed by atoms with Gasteiger partial charge in [0, 0.05) is 23.6 Å². The first-order valence-electron chi connectivity index (χ1n) is 16.8. The van der Waals surface area contributed by atoms with E-state index < -0.39 is 5.97 Å². The Labute approximate surface area is 284 Å². The number of hydrogen-bond donors (Lipinski definition) is 2. The smallest absolute Gasteiger partial charge is 0.335 e. The predicted molar refractivity (Wildman–Crippen MR) is 195 cm³/mol. The zero-order valence-corrected chi connectivity index (χ0v) is 31.4. The van der Waals surface area contributed by atoms with Crippen LogP contribution in [0.25, 0.3) is 0 Å². The maximum atomic E-state index is 12.1. The first kappa shape index (κ1) is 37.7. The number of hydrogen-bond acceptors (Lipinski definition) is 5. The molecule has 1 heterocycles. The van der Waals surface area contributed by atoms with Crippen molar-refractivity contribution in [3.05, 3.63) is 92.6 Å². The molecular formula is C42H58O5. The summed E-state index contributed by atoms with van der Waals surface area (Å²) in [5.74, 6) is 2.31. The van der Waals surface area contributed by atoms with Crippen molar-refractivity contribution in [1.29, 1.82) is 0 Å². The van der Waals surface area contributed by atoms with Crippen LogP contribution in [-0.2, 0) is 28.5 Å². The number of esters is 1. The first-order chi connectivity index (χ1) is 21.5. The van der Waals surface area contributed by atoms with Crippen molar-refractivity contribution >= 4 is 5.97 Å². The molecule has 2 N–H and O–H groups in total. The van der Waals surface area contributed by atoms with Crippen molar-refractivity contribution in [2.75, 3.05) is 0 Å². The number of ether oxygens (including phenoxy) is 2. The van der Waals surface area contributed by atoms with Crippen molar-refractivity contribution in [1.82, 2.24) is 0 Å². The molecule has 1 atom stereocenters. The van der Waals surface area contributed by atoms with E-state index in [4.69, 9.17) is 9.47 Å². The van der Waals surface area contributed by atoms with Gasteiger partial charge in [-0.15, -0.1) is 0 Å². The van der Waals surface area contributed by atoms with Crippen LogP contribution >= 0.6 is 0 Å². The highest BCUT2D eigenvalue weighted by Gasteiger charge is 2.37. The van der Waals surface area contributed by atoms with Gasteiger partial charge in [0.1, 0.15) is 28.6 Å². The number of fused-ring (bicyclic) bond motifs is 1. The fourth-order valence-electron chi connectivity index (χ4n) is 6.24. The molecule has 3 aromatic carbocycles. The number of carbonyl (C=O) groups excluding carboxylic acids is 1. The van der Waals surface area contributed by atoms with E-state index in [1.807, 2.05) is 52.8 Å². The number of rotatable bonds is 5. The van der Waals surface area contributed by atoms with E-state index in [2.05, 4.69) is 75.0 Å². The lowest BCUT2D eigenvalue weighted by Gasteiger charge is -2.40. The standard InChI is InChI=1S/C26H34O3.C16H24O2/c1-10-22(27)29-24-19(12-17(3)14-21(24)26(7,8)9)15-18-11-16(2)13-20(23(18)28)25(4,5)6;1-9(2)16(6)8-7-13-12(5)14(17)10(3)11(4)15(13)18-16/h10-14,28H,1,15H2,2-9H3;9,17H,7-8H2,1-6H3. The van der Waals surface area contributed by atoms with Crippen molar-refractivity contribution < 1.29 is 24.5 Å². The number of aromatic hydroxyl groups is 2. The number of aryl methyl sites for hydroxylation is 2. The molecule has 1 aliphatic heterocycles. The molecule has 0 spiro atoms. The minimum absolute atomic E-state index is 0.0897. The monoisotopic (exact) mass is 642 g/mol. The van der Waals surface area contributed by atoms with Crippen LogP contribution in [-0.4, -0.2) is 21.8 Å². The molecule has 0 aromatic heterocycles.